The molecule has 1 heterocycles. The van der Waals surface area contributed by atoms with E-state index in [1.807, 2.05) is 0 Å². The van der Waals surface area contributed by atoms with Crippen LogP contribution >= 0.6 is 0 Å². The fourth-order valence-corrected chi connectivity index (χ4v) is 1.31. The number of aliphatic imine (C=N–C) groups is 1. The van der Waals surface area contributed by atoms with Crippen LogP contribution in [-0.4, -0.2) is 26.8 Å². The highest BCUT2D eigenvalue weighted by molar-refractivity contribution is 7.95. The van der Waals surface area contributed by atoms with Crippen molar-refractivity contribution < 1.29 is 13.2 Å². The molecule has 0 fully saturated rings. The van der Waals surface area contributed by atoms with E-state index < -0.39 is 9.84 Å². The molecule has 5 heteroatoms. The summed E-state index contributed by atoms with van der Waals surface area (Å²) in [6.07, 6.45) is 3.62. The number of nitrogens with zero attached hydrogens (tertiary/aromatic N) is 1. The highest BCUT2D eigenvalue weighted by Crippen LogP contribution is 2.07. The third-order valence-corrected chi connectivity index (χ3v) is 2.37. The number of rotatable bonds is 1. The fourth-order valence-electron chi connectivity index (χ4n) is 0.676. The maximum atomic E-state index is 10.8. The van der Waals surface area contributed by atoms with E-state index in [1.54, 1.807) is 0 Å². The van der Waals surface area contributed by atoms with Crippen molar-refractivity contribution in [2.24, 2.45) is 4.99 Å². The first-order chi connectivity index (χ1) is 5.00. The first-order valence-corrected chi connectivity index (χ1v) is 4.86. The van der Waals surface area contributed by atoms with Gasteiger partial charge in [-0.1, -0.05) is 6.08 Å². The van der Waals surface area contributed by atoms with Crippen LogP contribution in [0.4, 0.5) is 0 Å². The first-order valence-electron chi connectivity index (χ1n) is 2.97. The van der Waals surface area contributed by atoms with Crippen molar-refractivity contribution in [2.45, 2.75) is 6.42 Å². The van der Waals surface area contributed by atoms with Crippen LogP contribution in [0.2, 0.25) is 0 Å². The summed E-state index contributed by atoms with van der Waals surface area (Å²) in [5.41, 5.74) is 0. The van der Waals surface area contributed by atoms with Gasteiger partial charge in [-0.3, -0.25) is 4.79 Å². The minimum Gasteiger partial charge on any atom is -0.272 e. The number of allylic oxidation sites excluding steroid dienone is 1. The third-order valence-electron chi connectivity index (χ3n) is 1.24. The Balaban J connectivity index is 2.97. The van der Waals surface area contributed by atoms with Gasteiger partial charge in [0.25, 0.3) is 0 Å². The van der Waals surface area contributed by atoms with Crippen molar-refractivity contribution >= 4 is 22.0 Å². The molecule has 0 aliphatic carbocycles. The molecule has 0 bridgehead atoms. The maximum Gasteiger partial charge on any atom is 0.249 e. The predicted octanol–water partition coefficient (Wildman–Crippen LogP) is -0.0840. The SMILES string of the molecule is CS(=O)(=O)C1=CCC(=O)N=C1. The lowest BCUT2D eigenvalue weighted by Gasteiger charge is -2.01. The molecule has 11 heavy (non-hydrogen) atoms. The normalized spacial score (nSPS) is 18.3. The zero-order valence-electron chi connectivity index (χ0n) is 5.94. The Bertz CT molecular complexity index is 337. The van der Waals surface area contributed by atoms with Crippen molar-refractivity contribution in [3.05, 3.63) is 11.0 Å². The van der Waals surface area contributed by atoms with E-state index in [1.165, 1.54) is 6.08 Å². The monoisotopic (exact) mass is 173 g/mol. The zero-order chi connectivity index (χ0) is 8.48. The Morgan fingerprint density at radius 3 is 2.55 bits per heavy atom. The highest BCUT2D eigenvalue weighted by atomic mass is 32.2. The molecule has 0 aromatic carbocycles. The molecule has 0 spiro atoms. The molecule has 60 valence electrons. The quantitative estimate of drug-likeness (QED) is 0.557. The highest BCUT2D eigenvalue weighted by Gasteiger charge is 2.12. The van der Waals surface area contributed by atoms with Crippen LogP contribution < -0.4 is 0 Å². The molecule has 4 nitrogen and oxygen atoms in total. The molecule has 1 aliphatic rings. The van der Waals surface area contributed by atoms with E-state index in [9.17, 15) is 13.2 Å². The molecule has 1 amide bonds. The third kappa shape index (κ3) is 1.98. The summed E-state index contributed by atoms with van der Waals surface area (Å²) in [5, 5.41) is 0. The number of hydrogen-bond donors (Lipinski definition) is 0. The average molecular weight is 173 g/mol. The van der Waals surface area contributed by atoms with E-state index in [0.717, 1.165) is 12.5 Å². The second kappa shape index (κ2) is 2.58. The topological polar surface area (TPSA) is 63.6 Å². The van der Waals surface area contributed by atoms with Crippen LogP contribution in [-0.2, 0) is 14.6 Å². The number of carbonyl (C=O) groups excluding carboxylic acids is 1. The predicted molar refractivity (Wildman–Crippen MR) is 41.0 cm³/mol. The van der Waals surface area contributed by atoms with Gasteiger partial charge < -0.3 is 0 Å². The number of sulfone groups is 1. The van der Waals surface area contributed by atoms with E-state index >= 15 is 0 Å². The van der Waals surface area contributed by atoms with Crippen molar-refractivity contribution in [3.8, 4) is 0 Å². The van der Waals surface area contributed by atoms with Gasteiger partial charge in [-0.05, 0) is 0 Å². The molecule has 0 unspecified atom stereocenters. The summed E-state index contributed by atoms with van der Waals surface area (Å²) in [5.74, 6) is -0.308. The van der Waals surface area contributed by atoms with Crippen LogP contribution in [0.3, 0.4) is 0 Å². The molecule has 1 rings (SSSR count). The molecular formula is C6H7NO3S. The summed E-state index contributed by atoms with van der Waals surface area (Å²) in [6.45, 7) is 0. The number of dihydropyridines is 1. The molecule has 1 aliphatic heterocycles. The standard InChI is InChI=1S/C6H7NO3S/c1-11(9,10)5-2-3-6(8)7-4-5/h2,4H,3H2,1H3. The minimum absolute atomic E-state index is 0.0822. The summed E-state index contributed by atoms with van der Waals surface area (Å²) in [7, 11) is -3.19. The van der Waals surface area contributed by atoms with Crippen LogP contribution in [0.25, 0.3) is 0 Å². The van der Waals surface area contributed by atoms with Crippen molar-refractivity contribution in [3.63, 3.8) is 0 Å². The molecule has 0 aromatic heterocycles. The molecule has 0 N–H and O–H groups in total. The molecule has 0 atom stereocenters. The molecule has 0 radical (unpaired) electrons. The Labute approximate surface area is 64.6 Å². The van der Waals surface area contributed by atoms with Gasteiger partial charge in [-0.15, -0.1) is 0 Å². The van der Waals surface area contributed by atoms with Gasteiger partial charge in [0.05, 0.1) is 4.91 Å². The Hall–Kier alpha value is -0.970. The zero-order valence-corrected chi connectivity index (χ0v) is 6.76. The van der Waals surface area contributed by atoms with Gasteiger partial charge in [0.2, 0.25) is 5.91 Å². The smallest absolute Gasteiger partial charge is 0.249 e. The fraction of sp³-hybridized carbons (Fsp3) is 0.333. The molecule has 0 saturated heterocycles. The number of amides is 1. The van der Waals surface area contributed by atoms with Gasteiger partial charge in [-0.2, -0.15) is 0 Å². The summed E-state index contributed by atoms with van der Waals surface area (Å²) < 4.78 is 21.6. The van der Waals surface area contributed by atoms with Gasteiger partial charge >= 0.3 is 0 Å². The van der Waals surface area contributed by atoms with E-state index in [2.05, 4.69) is 4.99 Å². The lowest BCUT2D eigenvalue weighted by molar-refractivity contribution is -0.117. The van der Waals surface area contributed by atoms with Crippen molar-refractivity contribution in [1.29, 1.82) is 0 Å². The Kier molecular flexibility index (Phi) is 1.90. The van der Waals surface area contributed by atoms with Crippen LogP contribution in [0.1, 0.15) is 6.42 Å². The largest absolute Gasteiger partial charge is 0.272 e. The summed E-state index contributed by atoms with van der Waals surface area (Å²) >= 11 is 0. The number of hydrogen-bond acceptors (Lipinski definition) is 3. The van der Waals surface area contributed by atoms with Gasteiger partial charge in [0, 0.05) is 18.9 Å². The van der Waals surface area contributed by atoms with Crippen LogP contribution in [0, 0.1) is 0 Å². The van der Waals surface area contributed by atoms with Crippen molar-refractivity contribution in [1.82, 2.24) is 0 Å². The molecular weight excluding hydrogens is 166 g/mol. The average Bonchev–Trinajstić information content (AvgIpc) is 1.86. The lowest BCUT2D eigenvalue weighted by atomic mass is 10.3. The second-order valence-corrected chi connectivity index (χ2v) is 4.25. The Morgan fingerprint density at radius 1 is 1.55 bits per heavy atom. The van der Waals surface area contributed by atoms with E-state index in [4.69, 9.17) is 0 Å². The van der Waals surface area contributed by atoms with Gasteiger partial charge in [-0.25, -0.2) is 13.4 Å². The van der Waals surface area contributed by atoms with Gasteiger partial charge in [0.15, 0.2) is 9.84 Å². The van der Waals surface area contributed by atoms with E-state index in [-0.39, 0.29) is 17.2 Å². The van der Waals surface area contributed by atoms with Crippen molar-refractivity contribution in [2.75, 3.05) is 6.26 Å². The van der Waals surface area contributed by atoms with Gasteiger partial charge in [0.1, 0.15) is 0 Å². The van der Waals surface area contributed by atoms with Crippen LogP contribution in [0.15, 0.2) is 16.0 Å². The van der Waals surface area contributed by atoms with Crippen LogP contribution in [0.5, 0.6) is 0 Å². The first kappa shape index (κ1) is 8.13. The second-order valence-electron chi connectivity index (χ2n) is 2.23. The lowest BCUT2D eigenvalue weighted by Crippen LogP contribution is -2.08. The maximum absolute atomic E-state index is 10.8. The molecule has 0 aromatic rings. The Morgan fingerprint density at radius 2 is 2.18 bits per heavy atom. The molecule has 0 saturated carbocycles. The van der Waals surface area contributed by atoms with E-state index in [0.29, 0.717) is 0 Å². The number of carbonyl (C=O) groups is 1. The summed E-state index contributed by atoms with van der Waals surface area (Å²) in [4.78, 5) is 14.0. The summed E-state index contributed by atoms with van der Waals surface area (Å²) in [6, 6.07) is 0. The minimum atomic E-state index is -3.19.